The average Bonchev–Trinajstić information content (AvgIpc) is 2.40. The molecule has 108 valence electrons. The lowest BCUT2D eigenvalue weighted by Crippen LogP contribution is -2.59. The van der Waals surface area contributed by atoms with Crippen LogP contribution in [0.3, 0.4) is 0 Å². The molecule has 2 fully saturated rings. The SMILES string of the molecule is Cc1cc(C(=O)NC2CCNC3(CCC3)C2)ccc1Cl. The van der Waals surface area contributed by atoms with Crippen molar-refractivity contribution in [2.45, 2.75) is 50.6 Å². The van der Waals surface area contributed by atoms with Crippen LogP contribution in [0.1, 0.15) is 48.0 Å². The van der Waals surface area contributed by atoms with Crippen molar-refractivity contribution in [3.8, 4) is 0 Å². The number of carbonyl (C=O) groups excluding carboxylic acids is 1. The van der Waals surface area contributed by atoms with Crippen LogP contribution >= 0.6 is 11.6 Å². The first-order valence-electron chi connectivity index (χ1n) is 7.40. The molecular weight excluding hydrogens is 272 g/mol. The number of carbonyl (C=O) groups is 1. The zero-order chi connectivity index (χ0) is 14.2. The van der Waals surface area contributed by atoms with E-state index in [-0.39, 0.29) is 5.91 Å². The predicted octanol–water partition coefficient (Wildman–Crippen LogP) is 3.05. The minimum Gasteiger partial charge on any atom is -0.349 e. The van der Waals surface area contributed by atoms with Gasteiger partial charge in [0.25, 0.3) is 5.91 Å². The first-order chi connectivity index (χ1) is 9.58. The first kappa shape index (κ1) is 13.9. The van der Waals surface area contributed by atoms with Gasteiger partial charge in [-0.2, -0.15) is 0 Å². The third kappa shape index (κ3) is 2.70. The minimum atomic E-state index is 0.0196. The summed E-state index contributed by atoms with van der Waals surface area (Å²) in [6, 6.07) is 5.74. The van der Waals surface area contributed by atoms with Crippen LogP contribution in [0.15, 0.2) is 18.2 Å². The Morgan fingerprint density at radius 1 is 1.45 bits per heavy atom. The number of rotatable bonds is 2. The summed E-state index contributed by atoms with van der Waals surface area (Å²) in [5.41, 5.74) is 1.96. The number of hydrogen-bond donors (Lipinski definition) is 2. The van der Waals surface area contributed by atoms with E-state index in [1.54, 1.807) is 12.1 Å². The molecule has 1 saturated heterocycles. The molecule has 4 heteroatoms. The molecule has 1 aliphatic heterocycles. The van der Waals surface area contributed by atoms with Crippen molar-refractivity contribution in [2.75, 3.05) is 6.54 Å². The maximum absolute atomic E-state index is 12.3. The van der Waals surface area contributed by atoms with Crippen molar-refractivity contribution in [1.82, 2.24) is 10.6 Å². The third-order valence-corrected chi connectivity index (χ3v) is 5.12. The summed E-state index contributed by atoms with van der Waals surface area (Å²) in [5, 5.41) is 7.51. The Morgan fingerprint density at radius 2 is 2.25 bits per heavy atom. The lowest BCUT2D eigenvalue weighted by molar-refractivity contribution is 0.0853. The number of piperidine rings is 1. The van der Waals surface area contributed by atoms with E-state index in [1.807, 2.05) is 13.0 Å². The molecule has 0 aromatic heterocycles. The standard InChI is InChI=1S/C16H21ClN2O/c1-11-9-12(3-4-14(11)17)15(20)19-13-5-8-18-16(10-13)6-2-7-16/h3-4,9,13,18H,2,5-8,10H2,1H3,(H,19,20). The summed E-state index contributed by atoms with van der Waals surface area (Å²) in [6.45, 7) is 2.93. The number of aryl methyl sites for hydroxylation is 1. The number of nitrogens with one attached hydrogen (secondary N) is 2. The number of amides is 1. The Balaban J connectivity index is 1.64. The highest BCUT2D eigenvalue weighted by Gasteiger charge is 2.41. The molecule has 1 amide bonds. The van der Waals surface area contributed by atoms with Gasteiger partial charge in [0.15, 0.2) is 0 Å². The largest absolute Gasteiger partial charge is 0.349 e. The Labute approximate surface area is 125 Å². The maximum atomic E-state index is 12.3. The van der Waals surface area contributed by atoms with Crippen LogP contribution in [0.25, 0.3) is 0 Å². The van der Waals surface area contributed by atoms with Crippen LogP contribution in [0.2, 0.25) is 5.02 Å². The lowest BCUT2D eigenvalue weighted by Gasteiger charge is -2.48. The minimum absolute atomic E-state index is 0.0196. The molecule has 2 N–H and O–H groups in total. The number of hydrogen-bond acceptors (Lipinski definition) is 2. The van der Waals surface area contributed by atoms with Gasteiger partial charge in [0, 0.05) is 22.2 Å². The van der Waals surface area contributed by atoms with Gasteiger partial charge < -0.3 is 10.6 Å². The molecule has 0 radical (unpaired) electrons. The van der Waals surface area contributed by atoms with Crippen LogP contribution in [-0.2, 0) is 0 Å². The van der Waals surface area contributed by atoms with E-state index in [0.29, 0.717) is 22.2 Å². The lowest BCUT2D eigenvalue weighted by atomic mass is 9.70. The highest BCUT2D eigenvalue weighted by molar-refractivity contribution is 6.31. The fraction of sp³-hybridized carbons (Fsp3) is 0.562. The molecule has 0 bridgehead atoms. The molecule has 3 rings (SSSR count). The summed E-state index contributed by atoms with van der Waals surface area (Å²) in [7, 11) is 0. The summed E-state index contributed by atoms with van der Waals surface area (Å²) in [4.78, 5) is 12.3. The second-order valence-electron chi connectivity index (χ2n) is 6.19. The fourth-order valence-electron chi connectivity index (χ4n) is 3.32. The Hall–Kier alpha value is -1.06. The van der Waals surface area contributed by atoms with E-state index in [2.05, 4.69) is 10.6 Å². The molecule has 1 aromatic rings. The van der Waals surface area contributed by atoms with E-state index in [4.69, 9.17) is 11.6 Å². The molecule has 1 saturated carbocycles. The van der Waals surface area contributed by atoms with Crippen LogP contribution in [-0.4, -0.2) is 24.0 Å². The van der Waals surface area contributed by atoms with Crippen LogP contribution in [0.4, 0.5) is 0 Å². The van der Waals surface area contributed by atoms with Crippen molar-refractivity contribution in [3.05, 3.63) is 34.3 Å². The molecule has 1 heterocycles. The third-order valence-electron chi connectivity index (χ3n) is 4.70. The predicted molar refractivity (Wildman–Crippen MR) is 81.3 cm³/mol. The van der Waals surface area contributed by atoms with Crippen LogP contribution in [0, 0.1) is 6.92 Å². The molecule has 2 aliphatic rings. The van der Waals surface area contributed by atoms with E-state index in [9.17, 15) is 4.79 Å². The van der Waals surface area contributed by atoms with Crippen molar-refractivity contribution in [3.63, 3.8) is 0 Å². The Bertz CT molecular complexity index is 525. The van der Waals surface area contributed by atoms with Gasteiger partial charge in [0.05, 0.1) is 0 Å². The second-order valence-corrected chi connectivity index (χ2v) is 6.60. The molecule has 20 heavy (non-hydrogen) atoms. The van der Waals surface area contributed by atoms with Gasteiger partial charge in [-0.05, 0) is 69.3 Å². The fourth-order valence-corrected chi connectivity index (χ4v) is 3.44. The summed E-state index contributed by atoms with van der Waals surface area (Å²) >= 11 is 6.00. The Kier molecular flexibility index (Phi) is 3.74. The summed E-state index contributed by atoms with van der Waals surface area (Å²) < 4.78 is 0. The Morgan fingerprint density at radius 3 is 2.90 bits per heavy atom. The monoisotopic (exact) mass is 292 g/mol. The van der Waals surface area contributed by atoms with Gasteiger partial charge in [-0.3, -0.25) is 4.79 Å². The quantitative estimate of drug-likeness (QED) is 0.880. The van der Waals surface area contributed by atoms with Crippen molar-refractivity contribution in [2.24, 2.45) is 0 Å². The normalized spacial score (nSPS) is 24.2. The topological polar surface area (TPSA) is 41.1 Å². The second kappa shape index (κ2) is 5.38. The zero-order valence-electron chi connectivity index (χ0n) is 11.8. The van der Waals surface area contributed by atoms with Gasteiger partial charge in [-0.1, -0.05) is 11.6 Å². The van der Waals surface area contributed by atoms with Crippen LogP contribution < -0.4 is 10.6 Å². The van der Waals surface area contributed by atoms with Gasteiger partial charge in [0.2, 0.25) is 0 Å². The molecule has 1 aliphatic carbocycles. The molecular formula is C16H21ClN2O. The van der Waals surface area contributed by atoms with E-state index in [1.165, 1.54) is 19.3 Å². The highest BCUT2D eigenvalue weighted by Crippen LogP contribution is 2.38. The number of benzene rings is 1. The van der Waals surface area contributed by atoms with Gasteiger partial charge in [-0.15, -0.1) is 0 Å². The van der Waals surface area contributed by atoms with E-state index in [0.717, 1.165) is 24.9 Å². The molecule has 1 unspecified atom stereocenters. The van der Waals surface area contributed by atoms with Crippen molar-refractivity contribution < 1.29 is 4.79 Å². The summed E-state index contributed by atoms with van der Waals surface area (Å²) in [5.74, 6) is 0.0196. The van der Waals surface area contributed by atoms with E-state index < -0.39 is 0 Å². The molecule has 1 aromatic carbocycles. The van der Waals surface area contributed by atoms with Crippen molar-refractivity contribution in [1.29, 1.82) is 0 Å². The average molecular weight is 293 g/mol. The van der Waals surface area contributed by atoms with Gasteiger partial charge in [-0.25, -0.2) is 0 Å². The van der Waals surface area contributed by atoms with Crippen molar-refractivity contribution >= 4 is 17.5 Å². The molecule has 1 spiro atoms. The van der Waals surface area contributed by atoms with E-state index >= 15 is 0 Å². The number of halogens is 1. The summed E-state index contributed by atoms with van der Waals surface area (Å²) in [6.07, 6.45) is 5.88. The van der Waals surface area contributed by atoms with Gasteiger partial charge >= 0.3 is 0 Å². The van der Waals surface area contributed by atoms with Crippen LogP contribution in [0.5, 0.6) is 0 Å². The molecule has 1 atom stereocenters. The molecule has 3 nitrogen and oxygen atoms in total. The zero-order valence-corrected chi connectivity index (χ0v) is 12.6. The first-order valence-corrected chi connectivity index (χ1v) is 7.78. The van der Waals surface area contributed by atoms with Gasteiger partial charge in [0.1, 0.15) is 0 Å². The smallest absolute Gasteiger partial charge is 0.251 e. The highest BCUT2D eigenvalue weighted by atomic mass is 35.5. The maximum Gasteiger partial charge on any atom is 0.251 e.